The quantitative estimate of drug-likeness (QED) is 0.481. The molecule has 1 rings (SSSR count). The van der Waals surface area contributed by atoms with Crippen LogP contribution in [-0.2, 0) is 6.42 Å². The monoisotopic (exact) mass is 264 g/mol. The van der Waals surface area contributed by atoms with Gasteiger partial charge < -0.3 is 10.6 Å². The number of thiazole rings is 1. The number of aromatic nitrogens is 1. The van der Waals surface area contributed by atoms with Gasteiger partial charge >= 0.3 is 0 Å². The molecule has 0 radical (unpaired) electrons. The molecule has 0 aliphatic heterocycles. The zero-order valence-corrected chi connectivity index (χ0v) is 12.0. The Labute approximate surface area is 113 Å². The van der Waals surface area contributed by atoms with Crippen LogP contribution in [0.1, 0.15) is 22.5 Å². The average molecular weight is 264 g/mol. The summed E-state index contributed by atoms with van der Waals surface area (Å²) in [5.74, 6) is 3.30. The van der Waals surface area contributed by atoms with E-state index in [0.717, 1.165) is 29.6 Å². The van der Waals surface area contributed by atoms with Crippen LogP contribution >= 0.6 is 11.3 Å². The summed E-state index contributed by atoms with van der Waals surface area (Å²) in [5, 5.41) is 7.35. The van der Waals surface area contributed by atoms with Gasteiger partial charge in [0, 0.05) is 24.4 Å². The number of guanidine groups is 1. The van der Waals surface area contributed by atoms with Gasteiger partial charge in [-0.2, -0.15) is 0 Å². The largest absolute Gasteiger partial charge is 0.357 e. The summed E-state index contributed by atoms with van der Waals surface area (Å²) in [4.78, 5) is 10.2. The Kier molecular flexibility index (Phi) is 6.23. The SMILES string of the molecule is C#CCNC(=NCCc1nc(C)c(C)s1)NCC. The Balaban J connectivity index is 2.47. The van der Waals surface area contributed by atoms with Gasteiger partial charge in [-0.3, -0.25) is 4.99 Å². The van der Waals surface area contributed by atoms with Gasteiger partial charge in [0.15, 0.2) is 5.96 Å². The van der Waals surface area contributed by atoms with Gasteiger partial charge in [0.2, 0.25) is 0 Å². The fourth-order valence-electron chi connectivity index (χ4n) is 1.39. The first-order chi connectivity index (χ1) is 8.67. The lowest BCUT2D eigenvalue weighted by molar-refractivity contribution is 0.852. The molecule has 0 atom stereocenters. The first kappa shape index (κ1) is 14.5. The molecule has 5 heteroatoms. The van der Waals surface area contributed by atoms with Gasteiger partial charge in [0.05, 0.1) is 17.2 Å². The molecular formula is C13H20N4S. The molecule has 0 aromatic carbocycles. The topological polar surface area (TPSA) is 49.3 Å². The highest BCUT2D eigenvalue weighted by Crippen LogP contribution is 2.16. The van der Waals surface area contributed by atoms with Gasteiger partial charge in [0.25, 0.3) is 0 Å². The summed E-state index contributed by atoms with van der Waals surface area (Å²) in [5.41, 5.74) is 1.12. The predicted octanol–water partition coefficient (Wildman–Crippen LogP) is 1.49. The molecule has 1 aromatic heterocycles. The van der Waals surface area contributed by atoms with E-state index in [0.29, 0.717) is 13.1 Å². The molecule has 0 spiro atoms. The lowest BCUT2D eigenvalue weighted by atomic mass is 10.4. The minimum absolute atomic E-state index is 0.487. The van der Waals surface area contributed by atoms with Crippen molar-refractivity contribution in [1.82, 2.24) is 15.6 Å². The highest BCUT2D eigenvalue weighted by Gasteiger charge is 2.03. The normalized spacial score (nSPS) is 11.1. The standard InChI is InChI=1S/C13H20N4S/c1-5-8-15-13(14-6-2)16-9-7-12-17-10(3)11(4)18-12/h1H,6-9H2,2-4H3,(H2,14,15,16). The Morgan fingerprint density at radius 2 is 2.22 bits per heavy atom. The zero-order chi connectivity index (χ0) is 13.4. The Hall–Kier alpha value is -1.54. The molecule has 0 fully saturated rings. The maximum Gasteiger partial charge on any atom is 0.192 e. The smallest absolute Gasteiger partial charge is 0.192 e. The molecule has 0 bridgehead atoms. The molecule has 2 N–H and O–H groups in total. The van der Waals surface area contributed by atoms with Crippen LogP contribution in [0.3, 0.4) is 0 Å². The number of aryl methyl sites for hydroxylation is 2. The van der Waals surface area contributed by atoms with Gasteiger partial charge in [0.1, 0.15) is 0 Å². The number of hydrogen-bond acceptors (Lipinski definition) is 3. The summed E-state index contributed by atoms with van der Waals surface area (Å²) >= 11 is 1.74. The number of nitrogens with zero attached hydrogens (tertiary/aromatic N) is 2. The fourth-order valence-corrected chi connectivity index (χ4v) is 2.31. The molecule has 0 saturated heterocycles. The molecular weight excluding hydrogens is 244 g/mol. The molecule has 0 saturated carbocycles. The van der Waals surface area contributed by atoms with Crippen LogP contribution in [-0.4, -0.2) is 30.6 Å². The number of nitrogens with one attached hydrogen (secondary N) is 2. The van der Waals surface area contributed by atoms with E-state index < -0.39 is 0 Å². The summed E-state index contributed by atoms with van der Waals surface area (Å²) in [6.07, 6.45) is 6.08. The number of rotatable bonds is 5. The summed E-state index contributed by atoms with van der Waals surface area (Å²) in [7, 11) is 0. The molecule has 0 amide bonds. The second-order valence-corrected chi connectivity index (χ2v) is 5.11. The third-order valence-corrected chi connectivity index (χ3v) is 3.50. The van der Waals surface area contributed by atoms with Gasteiger partial charge in [-0.15, -0.1) is 17.8 Å². The predicted molar refractivity (Wildman–Crippen MR) is 78.1 cm³/mol. The molecule has 4 nitrogen and oxygen atoms in total. The van der Waals surface area contributed by atoms with Crippen molar-refractivity contribution < 1.29 is 0 Å². The van der Waals surface area contributed by atoms with E-state index in [4.69, 9.17) is 6.42 Å². The summed E-state index contributed by atoms with van der Waals surface area (Å²) < 4.78 is 0. The van der Waals surface area contributed by atoms with Crippen molar-refractivity contribution >= 4 is 17.3 Å². The summed E-state index contributed by atoms with van der Waals surface area (Å²) in [6, 6.07) is 0. The minimum Gasteiger partial charge on any atom is -0.357 e. The van der Waals surface area contributed by atoms with E-state index in [9.17, 15) is 0 Å². The van der Waals surface area contributed by atoms with Crippen LogP contribution in [0.4, 0.5) is 0 Å². The van der Waals surface area contributed by atoms with E-state index in [2.05, 4.69) is 33.5 Å². The van der Waals surface area contributed by atoms with Crippen LogP contribution in [0.15, 0.2) is 4.99 Å². The maximum absolute atomic E-state index is 5.21. The Bertz CT molecular complexity index is 423. The van der Waals surface area contributed by atoms with Crippen LogP contribution in [0.5, 0.6) is 0 Å². The van der Waals surface area contributed by atoms with Crippen molar-refractivity contribution in [2.75, 3.05) is 19.6 Å². The van der Waals surface area contributed by atoms with Crippen molar-refractivity contribution in [3.63, 3.8) is 0 Å². The van der Waals surface area contributed by atoms with Crippen LogP contribution in [0, 0.1) is 26.2 Å². The number of hydrogen-bond donors (Lipinski definition) is 2. The molecule has 1 heterocycles. The second-order valence-electron chi connectivity index (χ2n) is 3.82. The van der Waals surface area contributed by atoms with E-state index in [1.807, 2.05) is 13.8 Å². The van der Waals surface area contributed by atoms with Crippen molar-refractivity contribution in [2.24, 2.45) is 4.99 Å². The van der Waals surface area contributed by atoms with Gasteiger partial charge in [-0.05, 0) is 20.8 Å². The highest BCUT2D eigenvalue weighted by molar-refractivity contribution is 7.11. The molecule has 1 aromatic rings. The Morgan fingerprint density at radius 1 is 1.44 bits per heavy atom. The fraction of sp³-hybridized carbons (Fsp3) is 0.538. The molecule has 0 aliphatic carbocycles. The van der Waals surface area contributed by atoms with Crippen LogP contribution < -0.4 is 10.6 Å². The summed E-state index contributed by atoms with van der Waals surface area (Å²) in [6.45, 7) is 8.19. The number of aliphatic imine (C=N–C) groups is 1. The van der Waals surface area contributed by atoms with E-state index in [1.165, 1.54) is 4.88 Å². The molecule has 98 valence electrons. The zero-order valence-electron chi connectivity index (χ0n) is 11.2. The average Bonchev–Trinajstić information content (AvgIpc) is 2.65. The van der Waals surface area contributed by atoms with E-state index in [-0.39, 0.29) is 0 Å². The minimum atomic E-state index is 0.487. The maximum atomic E-state index is 5.21. The third-order valence-electron chi connectivity index (χ3n) is 2.37. The van der Waals surface area contributed by atoms with Crippen molar-refractivity contribution in [3.8, 4) is 12.3 Å². The van der Waals surface area contributed by atoms with Crippen molar-refractivity contribution in [2.45, 2.75) is 27.2 Å². The van der Waals surface area contributed by atoms with Crippen LogP contribution in [0.25, 0.3) is 0 Å². The van der Waals surface area contributed by atoms with Crippen molar-refractivity contribution in [3.05, 3.63) is 15.6 Å². The van der Waals surface area contributed by atoms with Gasteiger partial charge in [-0.1, -0.05) is 5.92 Å². The second kappa shape index (κ2) is 7.72. The lowest BCUT2D eigenvalue weighted by Crippen LogP contribution is -2.37. The molecule has 18 heavy (non-hydrogen) atoms. The number of terminal acetylenes is 1. The van der Waals surface area contributed by atoms with Gasteiger partial charge in [-0.25, -0.2) is 4.98 Å². The first-order valence-corrected chi connectivity index (χ1v) is 6.87. The third kappa shape index (κ3) is 4.76. The highest BCUT2D eigenvalue weighted by atomic mass is 32.1. The first-order valence-electron chi connectivity index (χ1n) is 6.06. The van der Waals surface area contributed by atoms with Crippen molar-refractivity contribution in [1.29, 1.82) is 0 Å². The van der Waals surface area contributed by atoms with Crippen LogP contribution in [0.2, 0.25) is 0 Å². The van der Waals surface area contributed by atoms with E-state index in [1.54, 1.807) is 11.3 Å². The molecule has 0 unspecified atom stereocenters. The molecule has 0 aliphatic rings. The lowest BCUT2D eigenvalue weighted by Gasteiger charge is -2.08. The van der Waals surface area contributed by atoms with E-state index >= 15 is 0 Å². The Morgan fingerprint density at radius 3 is 2.78 bits per heavy atom.